The molecule has 0 N–H and O–H groups in total. The summed E-state index contributed by atoms with van der Waals surface area (Å²) >= 11 is 0. The molecule has 0 saturated carbocycles. The van der Waals surface area contributed by atoms with Crippen LogP contribution in [0.4, 0.5) is 11.4 Å². The van der Waals surface area contributed by atoms with Gasteiger partial charge in [0.1, 0.15) is 5.69 Å². The average molecular weight is 366 g/mol. The normalized spacial score (nSPS) is 17.9. The van der Waals surface area contributed by atoms with E-state index in [-0.39, 0.29) is 5.91 Å². The Kier molecular flexibility index (Phi) is 5.25. The van der Waals surface area contributed by atoms with Crippen LogP contribution >= 0.6 is 0 Å². The molecule has 4 rings (SSSR count). The van der Waals surface area contributed by atoms with E-state index in [4.69, 9.17) is 4.74 Å². The van der Waals surface area contributed by atoms with Crippen molar-refractivity contribution < 1.29 is 9.53 Å². The zero-order valence-electron chi connectivity index (χ0n) is 15.8. The monoisotopic (exact) mass is 366 g/mol. The third-order valence-corrected chi connectivity index (χ3v) is 5.28. The van der Waals surface area contributed by atoms with Gasteiger partial charge in [-0.15, -0.1) is 0 Å². The van der Waals surface area contributed by atoms with E-state index in [1.54, 1.807) is 0 Å². The molecule has 27 heavy (non-hydrogen) atoms. The molecule has 0 atom stereocenters. The van der Waals surface area contributed by atoms with Gasteiger partial charge in [-0.3, -0.25) is 4.79 Å². The van der Waals surface area contributed by atoms with Gasteiger partial charge in [0.05, 0.1) is 25.1 Å². The molecule has 0 aliphatic carbocycles. The number of rotatable bonds is 3. The lowest BCUT2D eigenvalue weighted by molar-refractivity contribution is 0.0299. The first-order valence-corrected chi connectivity index (χ1v) is 9.60. The van der Waals surface area contributed by atoms with Crippen LogP contribution in [0.25, 0.3) is 0 Å². The molecule has 3 heterocycles. The van der Waals surface area contributed by atoms with Crippen molar-refractivity contribution in [3.05, 3.63) is 53.9 Å². The lowest BCUT2D eigenvalue weighted by Gasteiger charge is -2.37. The van der Waals surface area contributed by atoms with Crippen LogP contribution in [0.2, 0.25) is 0 Å². The van der Waals surface area contributed by atoms with E-state index in [1.807, 2.05) is 23.2 Å². The number of amides is 1. The zero-order valence-corrected chi connectivity index (χ0v) is 15.8. The summed E-state index contributed by atoms with van der Waals surface area (Å²) in [5, 5.41) is 0. The molecule has 2 aromatic rings. The number of aryl methyl sites for hydroxylation is 1. The Labute approximate surface area is 160 Å². The minimum Gasteiger partial charge on any atom is -0.378 e. The van der Waals surface area contributed by atoms with Gasteiger partial charge in [-0.05, 0) is 36.8 Å². The van der Waals surface area contributed by atoms with E-state index in [2.05, 4.69) is 46.0 Å². The minimum atomic E-state index is -0.00545. The van der Waals surface area contributed by atoms with Crippen LogP contribution < -0.4 is 9.80 Å². The van der Waals surface area contributed by atoms with Gasteiger partial charge in [0, 0.05) is 45.0 Å². The van der Waals surface area contributed by atoms with Crippen LogP contribution in [-0.2, 0) is 4.74 Å². The first-order chi connectivity index (χ1) is 13.2. The molecule has 6 nitrogen and oxygen atoms in total. The third-order valence-electron chi connectivity index (χ3n) is 5.28. The number of carbonyl (C=O) groups is 1. The molecule has 0 spiro atoms. The molecule has 2 saturated heterocycles. The summed E-state index contributed by atoms with van der Waals surface area (Å²) in [5.41, 5.74) is 4.18. The number of ether oxygens (including phenoxy) is 1. The largest absolute Gasteiger partial charge is 0.378 e. The van der Waals surface area contributed by atoms with Gasteiger partial charge >= 0.3 is 0 Å². The minimum absolute atomic E-state index is 0.00545. The highest BCUT2D eigenvalue weighted by molar-refractivity contribution is 5.92. The predicted octanol–water partition coefficient (Wildman–Crippen LogP) is 2.19. The summed E-state index contributed by atoms with van der Waals surface area (Å²) in [7, 11) is 0. The smallest absolute Gasteiger partial charge is 0.272 e. The fourth-order valence-corrected chi connectivity index (χ4v) is 3.68. The highest BCUT2D eigenvalue weighted by atomic mass is 16.5. The maximum absolute atomic E-state index is 12.5. The van der Waals surface area contributed by atoms with Gasteiger partial charge in [0.25, 0.3) is 5.91 Å². The number of piperazine rings is 1. The molecule has 0 bridgehead atoms. The molecule has 6 heteroatoms. The third kappa shape index (κ3) is 4.06. The van der Waals surface area contributed by atoms with Crippen LogP contribution in [0, 0.1) is 6.92 Å². The second kappa shape index (κ2) is 7.96. The van der Waals surface area contributed by atoms with Crippen molar-refractivity contribution in [1.29, 1.82) is 0 Å². The van der Waals surface area contributed by atoms with E-state index in [0.29, 0.717) is 32.0 Å². The second-order valence-electron chi connectivity index (χ2n) is 7.12. The van der Waals surface area contributed by atoms with Gasteiger partial charge < -0.3 is 19.4 Å². The van der Waals surface area contributed by atoms with Crippen molar-refractivity contribution in [3.8, 4) is 0 Å². The molecular weight excluding hydrogens is 340 g/mol. The second-order valence-corrected chi connectivity index (χ2v) is 7.12. The molecule has 2 aliphatic heterocycles. The van der Waals surface area contributed by atoms with Crippen molar-refractivity contribution in [3.63, 3.8) is 0 Å². The Morgan fingerprint density at radius 1 is 0.926 bits per heavy atom. The van der Waals surface area contributed by atoms with Gasteiger partial charge in [0.2, 0.25) is 0 Å². The predicted molar refractivity (Wildman–Crippen MR) is 107 cm³/mol. The number of carbonyl (C=O) groups excluding carboxylic acids is 1. The van der Waals surface area contributed by atoms with Crippen LogP contribution in [0.1, 0.15) is 16.1 Å². The average Bonchev–Trinajstić information content (AvgIpc) is 2.74. The van der Waals surface area contributed by atoms with Crippen molar-refractivity contribution in [2.75, 3.05) is 62.3 Å². The molecule has 0 unspecified atom stereocenters. The molecule has 1 aromatic heterocycles. The fourth-order valence-electron chi connectivity index (χ4n) is 3.68. The summed E-state index contributed by atoms with van der Waals surface area (Å²) in [6.07, 6.45) is 1.83. The molecule has 2 aliphatic rings. The number of nitrogens with zero attached hydrogens (tertiary/aromatic N) is 4. The lowest BCUT2D eigenvalue weighted by Crippen LogP contribution is -2.46. The number of anilines is 2. The van der Waals surface area contributed by atoms with Crippen molar-refractivity contribution >= 4 is 17.3 Å². The van der Waals surface area contributed by atoms with E-state index in [0.717, 1.165) is 31.9 Å². The molecule has 0 radical (unpaired) electrons. The number of aromatic nitrogens is 1. The van der Waals surface area contributed by atoms with Crippen molar-refractivity contribution in [2.45, 2.75) is 6.92 Å². The van der Waals surface area contributed by atoms with Gasteiger partial charge in [-0.2, -0.15) is 0 Å². The summed E-state index contributed by atoms with van der Waals surface area (Å²) in [5.74, 6) is -0.00545. The van der Waals surface area contributed by atoms with Crippen molar-refractivity contribution in [2.24, 2.45) is 0 Å². The standard InChI is InChI=1S/C21H26N4O2/c1-17-3-2-4-18(15-17)23-7-9-24(10-8-23)19-5-6-20(22-16-19)21(26)25-11-13-27-14-12-25/h2-6,15-16H,7-14H2,1H3. The van der Waals surface area contributed by atoms with Crippen LogP contribution in [0.15, 0.2) is 42.6 Å². The Balaban J connectivity index is 1.36. The summed E-state index contributed by atoms with van der Waals surface area (Å²) in [6, 6.07) is 12.5. The topological polar surface area (TPSA) is 48.9 Å². The van der Waals surface area contributed by atoms with Crippen LogP contribution in [-0.4, -0.2) is 68.3 Å². The Morgan fingerprint density at radius 3 is 2.26 bits per heavy atom. The number of hydrogen-bond acceptors (Lipinski definition) is 5. The lowest BCUT2D eigenvalue weighted by atomic mass is 10.2. The fraction of sp³-hybridized carbons (Fsp3) is 0.429. The highest BCUT2D eigenvalue weighted by Gasteiger charge is 2.21. The van der Waals surface area contributed by atoms with E-state index >= 15 is 0 Å². The first-order valence-electron chi connectivity index (χ1n) is 9.60. The van der Waals surface area contributed by atoms with E-state index in [9.17, 15) is 4.79 Å². The van der Waals surface area contributed by atoms with Crippen LogP contribution in [0.3, 0.4) is 0 Å². The number of pyridine rings is 1. The molecule has 1 amide bonds. The van der Waals surface area contributed by atoms with Crippen molar-refractivity contribution in [1.82, 2.24) is 9.88 Å². The SMILES string of the molecule is Cc1cccc(N2CCN(c3ccc(C(=O)N4CCOCC4)nc3)CC2)c1. The van der Waals surface area contributed by atoms with E-state index in [1.165, 1.54) is 11.3 Å². The molecule has 142 valence electrons. The zero-order chi connectivity index (χ0) is 18.6. The molecule has 1 aromatic carbocycles. The first kappa shape index (κ1) is 17.8. The Morgan fingerprint density at radius 2 is 1.63 bits per heavy atom. The summed E-state index contributed by atoms with van der Waals surface area (Å²) in [4.78, 5) is 23.5. The summed E-state index contributed by atoms with van der Waals surface area (Å²) in [6.45, 7) is 8.50. The van der Waals surface area contributed by atoms with Gasteiger partial charge in [-0.1, -0.05) is 12.1 Å². The maximum atomic E-state index is 12.5. The highest BCUT2D eigenvalue weighted by Crippen LogP contribution is 2.21. The Hall–Kier alpha value is -2.60. The van der Waals surface area contributed by atoms with Gasteiger partial charge in [-0.25, -0.2) is 4.98 Å². The quantitative estimate of drug-likeness (QED) is 0.833. The number of benzene rings is 1. The summed E-state index contributed by atoms with van der Waals surface area (Å²) < 4.78 is 5.31. The Bertz CT molecular complexity index is 779. The molecule has 2 fully saturated rings. The molecular formula is C21H26N4O2. The van der Waals surface area contributed by atoms with E-state index < -0.39 is 0 Å². The maximum Gasteiger partial charge on any atom is 0.272 e. The number of morpholine rings is 1. The van der Waals surface area contributed by atoms with Gasteiger partial charge in [0.15, 0.2) is 0 Å². The number of hydrogen-bond donors (Lipinski definition) is 0. The van der Waals surface area contributed by atoms with Crippen LogP contribution in [0.5, 0.6) is 0 Å².